The molecule has 1 N–H and O–H groups in total. The van der Waals surface area contributed by atoms with Crippen LogP contribution < -0.4 is 5.32 Å². The van der Waals surface area contributed by atoms with Crippen LogP contribution in [0.1, 0.15) is 36.6 Å². The SMILES string of the molecule is CCNC(C)c1ccc(-c2cc(C)c(C)cc2Cl)cc1Cl. The molecule has 0 fully saturated rings. The van der Waals surface area contributed by atoms with Crippen LogP contribution in [0.5, 0.6) is 0 Å². The Hall–Kier alpha value is -1.02. The number of hydrogen-bond acceptors (Lipinski definition) is 1. The van der Waals surface area contributed by atoms with Crippen LogP contribution >= 0.6 is 23.2 Å². The highest BCUT2D eigenvalue weighted by atomic mass is 35.5. The zero-order valence-electron chi connectivity index (χ0n) is 12.9. The number of halogens is 2. The molecule has 1 unspecified atom stereocenters. The van der Waals surface area contributed by atoms with Gasteiger partial charge in [0, 0.05) is 21.7 Å². The first kappa shape index (κ1) is 16.4. The second-order valence-electron chi connectivity index (χ2n) is 5.43. The van der Waals surface area contributed by atoms with Gasteiger partial charge in [0.05, 0.1) is 0 Å². The van der Waals surface area contributed by atoms with Crippen LogP contribution in [0, 0.1) is 13.8 Å². The lowest BCUT2D eigenvalue weighted by molar-refractivity contribution is 0.598. The van der Waals surface area contributed by atoms with Crippen molar-refractivity contribution in [3.05, 3.63) is 57.1 Å². The first-order valence-electron chi connectivity index (χ1n) is 7.24. The van der Waals surface area contributed by atoms with Crippen LogP contribution in [0.25, 0.3) is 11.1 Å². The number of nitrogens with one attached hydrogen (secondary N) is 1. The maximum absolute atomic E-state index is 6.45. The molecule has 0 spiro atoms. The van der Waals surface area contributed by atoms with Crippen molar-refractivity contribution in [3.8, 4) is 11.1 Å². The highest BCUT2D eigenvalue weighted by molar-refractivity contribution is 6.34. The van der Waals surface area contributed by atoms with Crippen LogP contribution in [0.4, 0.5) is 0 Å². The van der Waals surface area contributed by atoms with Crippen molar-refractivity contribution in [2.45, 2.75) is 33.7 Å². The lowest BCUT2D eigenvalue weighted by atomic mass is 9.98. The molecule has 1 atom stereocenters. The Morgan fingerprint density at radius 1 is 1.00 bits per heavy atom. The fourth-order valence-electron chi connectivity index (χ4n) is 2.46. The molecule has 0 aromatic heterocycles. The van der Waals surface area contributed by atoms with Crippen LogP contribution in [0.15, 0.2) is 30.3 Å². The summed E-state index contributed by atoms with van der Waals surface area (Å²) in [5, 5.41) is 4.92. The fraction of sp³-hybridized carbons (Fsp3) is 0.333. The van der Waals surface area contributed by atoms with Gasteiger partial charge in [0.25, 0.3) is 0 Å². The fourth-order valence-corrected chi connectivity index (χ4v) is 3.14. The summed E-state index contributed by atoms with van der Waals surface area (Å²) in [6, 6.07) is 10.5. The van der Waals surface area contributed by atoms with Crippen LogP contribution in [-0.2, 0) is 0 Å². The Bertz CT molecular complexity index is 650. The van der Waals surface area contributed by atoms with Gasteiger partial charge in [0.15, 0.2) is 0 Å². The van der Waals surface area contributed by atoms with Crippen molar-refractivity contribution in [2.24, 2.45) is 0 Å². The summed E-state index contributed by atoms with van der Waals surface area (Å²) in [6.45, 7) is 9.29. The molecule has 0 amide bonds. The number of benzene rings is 2. The van der Waals surface area contributed by atoms with Crippen molar-refractivity contribution in [3.63, 3.8) is 0 Å². The third kappa shape index (κ3) is 3.60. The quantitative estimate of drug-likeness (QED) is 0.733. The molecule has 0 saturated heterocycles. The topological polar surface area (TPSA) is 12.0 Å². The minimum atomic E-state index is 0.242. The molecule has 0 aliphatic rings. The zero-order chi connectivity index (χ0) is 15.6. The summed E-state index contributed by atoms with van der Waals surface area (Å²) >= 11 is 12.8. The third-order valence-corrected chi connectivity index (χ3v) is 4.51. The normalized spacial score (nSPS) is 12.5. The van der Waals surface area contributed by atoms with Crippen molar-refractivity contribution in [2.75, 3.05) is 6.54 Å². The Morgan fingerprint density at radius 2 is 1.67 bits per heavy atom. The average molecular weight is 322 g/mol. The largest absolute Gasteiger partial charge is 0.310 e. The van der Waals surface area contributed by atoms with Crippen LogP contribution in [0.2, 0.25) is 10.0 Å². The molecule has 0 aliphatic heterocycles. The summed E-state index contributed by atoms with van der Waals surface area (Å²) < 4.78 is 0. The van der Waals surface area contributed by atoms with E-state index in [1.54, 1.807) is 0 Å². The minimum absolute atomic E-state index is 0.242. The van der Waals surface area contributed by atoms with Crippen LogP contribution in [0.3, 0.4) is 0 Å². The van der Waals surface area contributed by atoms with E-state index in [0.717, 1.165) is 33.3 Å². The van der Waals surface area contributed by atoms with E-state index in [4.69, 9.17) is 23.2 Å². The van der Waals surface area contributed by atoms with E-state index < -0.39 is 0 Å². The lowest BCUT2D eigenvalue weighted by Crippen LogP contribution is -2.17. The molecule has 1 nitrogen and oxygen atoms in total. The van der Waals surface area contributed by atoms with Gasteiger partial charge in [0.1, 0.15) is 0 Å². The van der Waals surface area contributed by atoms with Gasteiger partial charge < -0.3 is 5.32 Å². The molecule has 2 rings (SSSR count). The van der Waals surface area contributed by atoms with Crippen molar-refractivity contribution < 1.29 is 0 Å². The van der Waals surface area contributed by atoms with Crippen molar-refractivity contribution >= 4 is 23.2 Å². The number of aryl methyl sites for hydroxylation is 2. The highest BCUT2D eigenvalue weighted by Gasteiger charge is 2.12. The van der Waals surface area contributed by atoms with E-state index in [1.807, 2.05) is 12.1 Å². The number of rotatable bonds is 4. The van der Waals surface area contributed by atoms with E-state index in [9.17, 15) is 0 Å². The molecular weight excluding hydrogens is 301 g/mol. The van der Waals surface area contributed by atoms with Gasteiger partial charge in [-0.05, 0) is 67.8 Å². The predicted octanol–water partition coefficient (Wildman–Crippen LogP) is 5.95. The lowest BCUT2D eigenvalue weighted by Gasteiger charge is -2.16. The van der Waals surface area contributed by atoms with Gasteiger partial charge in [-0.3, -0.25) is 0 Å². The van der Waals surface area contributed by atoms with Gasteiger partial charge >= 0.3 is 0 Å². The van der Waals surface area contributed by atoms with Gasteiger partial charge in [-0.15, -0.1) is 0 Å². The first-order chi connectivity index (χ1) is 9.93. The van der Waals surface area contributed by atoms with E-state index >= 15 is 0 Å². The van der Waals surface area contributed by atoms with Gasteiger partial charge in [-0.2, -0.15) is 0 Å². The first-order valence-corrected chi connectivity index (χ1v) is 7.99. The molecule has 2 aromatic carbocycles. The average Bonchev–Trinajstić information content (AvgIpc) is 2.43. The van der Waals surface area contributed by atoms with Gasteiger partial charge in [-0.1, -0.05) is 42.3 Å². The molecule has 0 saturated carbocycles. The second-order valence-corrected chi connectivity index (χ2v) is 6.25. The maximum Gasteiger partial charge on any atom is 0.0487 e. The monoisotopic (exact) mass is 321 g/mol. The standard InChI is InChI=1S/C18H21Cl2N/c1-5-21-13(4)15-7-6-14(10-18(15)20)16-8-11(2)12(3)9-17(16)19/h6-10,13,21H,5H2,1-4H3. The number of hydrogen-bond donors (Lipinski definition) is 1. The van der Waals surface area contributed by atoms with Gasteiger partial charge in [0.2, 0.25) is 0 Å². The van der Waals surface area contributed by atoms with Crippen molar-refractivity contribution in [1.29, 1.82) is 0 Å². The summed E-state index contributed by atoms with van der Waals surface area (Å²) in [7, 11) is 0. The molecule has 2 aromatic rings. The van der Waals surface area contributed by atoms with Gasteiger partial charge in [-0.25, -0.2) is 0 Å². The van der Waals surface area contributed by atoms with E-state index in [2.05, 4.69) is 51.2 Å². The summed E-state index contributed by atoms with van der Waals surface area (Å²) in [6.07, 6.45) is 0. The summed E-state index contributed by atoms with van der Waals surface area (Å²) in [5.41, 5.74) is 5.63. The summed E-state index contributed by atoms with van der Waals surface area (Å²) in [4.78, 5) is 0. The summed E-state index contributed by atoms with van der Waals surface area (Å²) in [5.74, 6) is 0. The molecule has 0 radical (unpaired) electrons. The molecule has 3 heteroatoms. The molecular formula is C18H21Cl2N. The van der Waals surface area contributed by atoms with Crippen LogP contribution in [-0.4, -0.2) is 6.54 Å². The second kappa shape index (κ2) is 6.83. The predicted molar refractivity (Wildman–Crippen MR) is 93.5 cm³/mol. The Morgan fingerprint density at radius 3 is 2.29 bits per heavy atom. The molecule has 112 valence electrons. The molecule has 0 bridgehead atoms. The Labute approximate surface area is 137 Å². The van der Waals surface area contributed by atoms with Crippen molar-refractivity contribution in [1.82, 2.24) is 5.32 Å². The molecule has 21 heavy (non-hydrogen) atoms. The van der Waals surface area contributed by atoms with E-state index in [0.29, 0.717) is 0 Å². The van der Waals surface area contributed by atoms with E-state index in [1.165, 1.54) is 11.1 Å². The highest BCUT2D eigenvalue weighted by Crippen LogP contribution is 2.34. The maximum atomic E-state index is 6.45. The van der Waals surface area contributed by atoms with E-state index in [-0.39, 0.29) is 6.04 Å². The zero-order valence-corrected chi connectivity index (χ0v) is 14.4. The molecule has 0 heterocycles. The minimum Gasteiger partial charge on any atom is -0.310 e. The third-order valence-electron chi connectivity index (χ3n) is 3.87. The Balaban J connectivity index is 2.43. The smallest absolute Gasteiger partial charge is 0.0487 e. The Kier molecular flexibility index (Phi) is 5.32. The molecule has 0 aliphatic carbocycles.